The molecule has 1 fully saturated rings. The van der Waals surface area contributed by atoms with Crippen LogP contribution >= 0.6 is 23.1 Å². The van der Waals surface area contributed by atoms with Crippen LogP contribution in [0.25, 0.3) is 0 Å². The number of imide groups is 1. The van der Waals surface area contributed by atoms with Crippen molar-refractivity contribution in [3.8, 4) is 5.75 Å². The van der Waals surface area contributed by atoms with Crippen molar-refractivity contribution < 1.29 is 29.0 Å². The fourth-order valence-electron chi connectivity index (χ4n) is 5.91. The molecule has 4 aromatic rings. The van der Waals surface area contributed by atoms with Crippen molar-refractivity contribution in [2.45, 2.75) is 55.8 Å². The first kappa shape index (κ1) is 32.3. The Morgan fingerprint density at radius 1 is 0.915 bits per heavy atom. The van der Waals surface area contributed by atoms with E-state index in [0.717, 1.165) is 39.1 Å². The van der Waals surface area contributed by atoms with Crippen molar-refractivity contribution in [3.63, 3.8) is 0 Å². The monoisotopic (exact) mass is 671 g/mol. The maximum Gasteiger partial charge on any atom is 0.338 e. The number of carbonyl (C=O) groups is 4. The minimum atomic E-state index is -0.854. The van der Waals surface area contributed by atoms with Crippen LogP contribution in [-0.4, -0.2) is 45.2 Å². The van der Waals surface area contributed by atoms with Crippen molar-refractivity contribution in [3.05, 3.63) is 104 Å². The molecule has 3 heterocycles. The predicted molar refractivity (Wildman–Crippen MR) is 180 cm³/mol. The number of ether oxygens (including phenoxy) is 1. The van der Waals surface area contributed by atoms with Crippen LogP contribution in [0.3, 0.4) is 0 Å². The molecule has 2 aliphatic rings. The molecule has 2 N–H and O–H groups in total. The Labute approximate surface area is 279 Å². The van der Waals surface area contributed by atoms with Crippen molar-refractivity contribution in [2.24, 2.45) is 5.92 Å². The number of thiazole rings is 1. The summed E-state index contributed by atoms with van der Waals surface area (Å²) in [6, 6.07) is 20.0. The number of esters is 1. The Bertz CT molecular complexity index is 1920. The van der Waals surface area contributed by atoms with Gasteiger partial charge in [-0.1, -0.05) is 68.1 Å². The van der Waals surface area contributed by atoms with Gasteiger partial charge in [0.1, 0.15) is 17.5 Å². The van der Waals surface area contributed by atoms with Gasteiger partial charge in [0.25, 0.3) is 0 Å². The topological polar surface area (TPSA) is 135 Å². The molecule has 1 aromatic heterocycles. The highest BCUT2D eigenvalue weighted by Gasteiger charge is 2.56. The van der Waals surface area contributed by atoms with E-state index < -0.39 is 40.8 Å². The molecular weight excluding hydrogens is 639 g/mol. The molecule has 47 heavy (non-hydrogen) atoms. The molecule has 3 atom stereocenters. The second kappa shape index (κ2) is 12.5. The number of nitrogens with zero attached hydrogens (tertiary/aromatic N) is 2. The number of amides is 3. The number of rotatable bonds is 7. The number of carbonyl (C=O) groups excluding carboxylic acids is 4. The molecule has 242 valence electrons. The lowest BCUT2D eigenvalue weighted by Crippen LogP contribution is -2.33. The number of hydrogen-bond acceptors (Lipinski definition) is 9. The summed E-state index contributed by atoms with van der Waals surface area (Å²) in [4.78, 5) is 68.4. The zero-order chi connectivity index (χ0) is 33.6. The summed E-state index contributed by atoms with van der Waals surface area (Å²) >= 11 is 2.11. The summed E-state index contributed by atoms with van der Waals surface area (Å²) in [5.41, 5.74) is 2.86. The molecule has 3 aromatic carbocycles. The van der Waals surface area contributed by atoms with Crippen LogP contribution in [0.4, 0.5) is 11.4 Å². The second-order valence-electron chi connectivity index (χ2n) is 12.4. The first-order valence-corrected chi connectivity index (χ1v) is 16.8. The predicted octanol–water partition coefficient (Wildman–Crippen LogP) is 5.52. The van der Waals surface area contributed by atoms with Gasteiger partial charge in [-0.3, -0.25) is 23.7 Å². The minimum Gasteiger partial charge on any atom is -0.508 e. The molecule has 10 nitrogen and oxygen atoms in total. The molecule has 0 spiro atoms. The molecule has 1 saturated heterocycles. The molecule has 0 aliphatic carbocycles. The lowest BCUT2D eigenvalue weighted by atomic mass is 9.81. The lowest BCUT2D eigenvalue weighted by Gasteiger charge is -2.31. The third kappa shape index (κ3) is 6.10. The van der Waals surface area contributed by atoms with Gasteiger partial charge < -0.3 is 15.2 Å². The largest absolute Gasteiger partial charge is 0.508 e. The molecule has 0 bridgehead atoms. The van der Waals surface area contributed by atoms with E-state index in [4.69, 9.17) is 4.74 Å². The van der Waals surface area contributed by atoms with Gasteiger partial charge in [0.2, 0.25) is 17.7 Å². The van der Waals surface area contributed by atoms with E-state index in [-0.39, 0.29) is 29.2 Å². The van der Waals surface area contributed by atoms with Gasteiger partial charge in [-0.25, -0.2) is 9.69 Å². The first-order valence-electron chi connectivity index (χ1n) is 15.1. The van der Waals surface area contributed by atoms with Gasteiger partial charge in [-0.05, 0) is 72.0 Å². The summed E-state index contributed by atoms with van der Waals surface area (Å²) < 4.78 is 6.43. The summed E-state index contributed by atoms with van der Waals surface area (Å²) in [6.07, 6.45) is 0. The summed E-state index contributed by atoms with van der Waals surface area (Å²) in [5.74, 6) is -3.15. The number of phenols is 1. The maximum absolute atomic E-state index is 14.2. The summed E-state index contributed by atoms with van der Waals surface area (Å²) in [7, 11) is 0. The Hall–Kier alpha value is -4.68. The molecule has 3 amide bonds. The van der Waals surface area contributed by atoms with E-state index in [9.17, 15) is 29.1 Å². The van der Waals surface area contributed by atoms with E-state index >= 15 is 0 Å². The summed E-state index contributed by atoms with van der Waals surface area (Å²) in [5, 5.41) is 11.9. The Balaban J connectivity index is 1.39. The van der Waals surface area contributed by atoms with Crippen LogP contribution in [0.2, 0.25) is 0 Å². The standard InChI is InChI=1S/C35H33N3O7S2/c1-5-45-33(43)20-8-14-23(15-9-20)38-30(41)27-26(19-6-10-21(11-7-19)35(2,3)4)29-32(46-28(27)31(38)42)37(34(44)47-29)18-25(40)36-22-12-16-24(39)17-13-22/h6-17,26-28,39H,5,18H2,1-4H3,(H,36,40)/t26-,27-,28+/m0/s1. The average molecular weight is 672 g/mol. The Morgan fingerprint density at radius 3 is 2.19 bits per heavy atom. The zero-order valence-electron chi connectivity index (χ0n) is 26.2. The van der Waals surface area contributed by atoms with Crippen LogP contribution in [0.1, 0.15) is 60.0 Å². The molecule has 12 heteroatoms. The third-order valence-electron chi connectivity index (χ3n) is 8.27. The quantitative estimate of drug-likeness (QED) is 0.149. The normalized spacial score (nSPS) is 18.9. The van der Waals surface area contributed by atoms with Crippen molar-refractivity contribution in [2.75, 3.05) is 16.8 Å². The van der Waals surface area contributed by atoms with Crippen LogP contribution in [-0.2, 0) is 31.1 Å². The number of aromatic nitrogens is 1. The van der Waals surface area contributed by atoms with E-state index in [1.54, 1.807) is 31.2 Å². The average Bonchev–Trinajstić information content (AvgIpc) is 3.48. The highest BCUT2D eigenvalue weighted by atomic mass is 32.2. The van der Waals surface area contributed by atoms with Gasteiger partial charge in [-0.2, -0.15) is 0 Å². The number of hydrogen-bond donors (Lipinski definition) is 2. The molecule has 0 radical (unpaired) electrons. The smallest absolute Gasteiger partial charge is 0.338 e. The molecule has 0 saturated carbocycles. The maximum atomic E-state index is 14.2. The number of phenolic OH excluding ortho intramolecular Hbond substituents is 1. The Morgan fingerprint density at radius 2 is 1.57 bits per heavy atom. The number of aromatic hydroxyl groups is 1. The minimum absolute atomic E-state index is 0.0541. The highest BCUT2D eigenvalue weighted by molar-refractivity contribution is 8.00. The van der Waals surface area contributed by atoms with Gasteiger partial charge in [0.15, 0.2) is 0 Å². The molecular formula is C35H33N3O7S2. The number of benzene rings is 3. The van der Waals surface area contributed by atoms with Crippen molar-refractivity contribution in [1.29, 1.82) is 0 Å². The van der Waals surface area contributed by atoms with E-state index in [1.807, 2.05) is 24.3 Å². The third-order valence-corrected chi connectivity index (χ3v) is 10.9. The zero-order valence-corrected chi connectivity index (χ0v) is 27.8. The van der Waals surface area contributed by atoms with Crippen molar-refractivity contribution in [1.82, 2.24) is 4.57 Å². The van der Waals surface area contributed by atoms with Crippen LogP contribution < -0.4 is 15.1 Å². The van der Waals surface area contributed by atoms with Crippen molar-refractivity contribution >= 4 is 58.2 Å². The van der Waals surface area contributed by atoms with Gasteiger partial charge in [0, 0.05) is 16.5 Å². The van der Waals surface area contributed by atoms with E-state index in [1.165, 1.54) is 28.8 Å². The van der Waals surface area contributed by atoms with Crippen LogP contribution in [0, 0.1) is 5.92 Å². The van der Waals surface area contributed by atoms with Gasteiger partial charge in [0.05, 0.1) is 28.8 Å². The van der Waals surface area contributed by atoms with E-state index in [0.29, 0.717) is 26.8 Å². The number of fused-ring (bicyclic) bond motifs is 2. The summed E-state index contributed by atoms with van der Waals surface area (Å²) in [6.45, 7) is 7.94. The molecule has 6 rings (SSSR count). The molecule has 0 unspecified atom stereocenters. The van der Waals surface area contributed by atoms with Gasteiger partial charge in [-0.15, -0.1) is 0 Å². The lowest BCUT2D eigenvalue weighted by molar-refractivity contribution is -0.122. The highest BCUT2D eigenvalue weighted by Crippen LogP contribution is 2.54. The first-order chi connectivity index (χ1) is 22.4. The van der Waals surface area contributed by atoms with Gasteiger partial charge >= 0.3 is 10.8 Å². The van der Waals surface area contributed by atoms with Crippen LogP contribution in [0.5, 0.6) is 5.75 Å². The Kier molecular flexibility index (Phi) is 8.58. The van der Waals surface area contributed by atoms with Crippen LogP contribution in [0.15, 0.2) is 82.6 Å². The second-order valence-corrected chi connectivity index (χ2v) is 14.5. The SMILES string of the molecule is CCOC(=O)c1ccc(N2C(=O)[C@H]3[C@H](c4ccc(C(C)(C)C)cc4)c4sc(=O)n(CC(=O)Nc5ccc(O)cc5)c4S[C@H]3C2=O)cc1. The van der Waals surface area contributed by atoms with E-state index in [2.05, 4.69) is 26.1 Å². The fraction of sp³-hybridized carbons (Fsp3) is 0.286. The number of thioether (sulfide) groups is 1. The number of nitrogens with one attached hydrogen (secondary N) is 1. The molecule has 2 aliphatic heterocycles. The number of anilines is 2. The fourth-order valence-corrected chi connectivity index (χ4v) is 8.68.